The lowest BCUT2D eigenvalue weighted by Crippen LogP contribution is -2.10. The second-order valence-electron chi connectivity index (χ2n) is 4.76. The van der Waals surface area contributed by atoms with Crippen molar-refractivity contribution in [3.63, 3.8) is 0 Å². The highest BCUT2D eigenvalue weighted by atomic mass is 16.5. The van der Waals surface area contributed by atoms with Gasteiger partial charge in [-0.25, -0.2) is 4.79 Å². The van der Waals surface area contributed by atoms with Gasteiger partial charge in [0, 0.05) is 11.8 Å². The van der Waals surface area contributed by atoms with Gasteiger partial charge in [-0.15, -0.1) is 0 Å². The van der Waals surface area contributed by atoms with E-state index in [1.807, 2.05) is 13.8 Å². The summed E-state index contributed by atoms with van der Waals surface area (Å²) in [7, 11) is 0. The van der Waals surface area contributed by atoms with Gasteiger partial charge >= 0.3 is 5.97 Å². The second kappa shape index (κ2) is 6.62. The number of carbonyl (C=O) groups excluding carboxylic acids is 1. The van der Waals surface area contributed by atoms with Gasteiger partial charge in [0.1, 0.15) is 18.1 Å². The first-order chi connectivity index (χ1) is 10.1. The summed E-state index contributed by atoms with van der Waals surface area (Å²) in [6, 6.07) is 10.5. The molecule has 2 rings (SSSR count). The number of rotatable bonds is 5. The van der Waals surface area contributed by atoms with Crippen LogP contribution in [0.4, 0.5) is 0 Å². The first kappa shape index (κ1) is 14.7. The fraction of sp³-hybridized carbons (Fsp3) is 0.250. The molecule has 0 saturated carbocycles. The normalized spacial score (nSPS) is 10.2. The summed E-state index contributed by atoms with van der Waals surface area (Å²) < 4.78 is 10.9. The molecule has 0 aliphatic heterocycles. The molecule has 2 aromatic rings. The van der Waals surface area contributed by atoms with Gasteiger partial charge in [-0.2, -0.15) is 5.26 Å². The fourth-order valence-corrected chi connectivity index (χ4v) is 1.79. The molecule has 0 atom stereocenters. The van der Waals surface area contributed by atoms with Crippen LogP contribution in [0.3, 0.4) is 0 Å². The maximum absolute atomic E-state index is 11.8. The van der Waals surface area contributed by atoms with E-state index in [1.165, 1.54) is 0 Å². The number of nitrogens with zero attached hydrogens (tertiary/aromatic N) is 1. The number of carbonyl (C=O) groups is 1. The van der Waals surface area contributed by atoms with Crippen molar-refractivity contribution in [3.8, 4) is 11.8 Å². The highest BCUT2D eigenvalue weighted by molar-refractivity contribution is 5.87. The molecule has 5 nitrogen and oxygen atoms in total. The minimum atomic E-state index is -0.431. The number of hydrogen-bond acceptors (Lipinski definition) is 4. The van der Waals surface area contributed by atoms with Crippen molar-refractivity contribution < 1.29 is 14.3 Å². The van der Waals surface area contributed by atoms with E-state index in [1.54, 1.807) is 36.5 Å². The molecule has 0 spiro atoms. The van der Waals surface area contributed by atoms with Crippen LogP contribution in [0.5, 0.6) is 5.75 Å². The molecule has 0 saturated heterocycles. The van der Waals surface area contributed by atoms with Gasteiger partial charge in [0.25, 0.3) is 0 Å². The van der Waals surface area contributed by atoms with Crippen LogP contribution in [0.1, 0.15) is 35.5 Å². The van der Waals surface area contributed by atoms with E-state index in [2.05, 4.69) is 11.1 Å². The first-order valence-electron chi connectivity index (χ1n) is 6.60. The van der Waals surface area contributed by atoms with Crippen LogP contribution in [-0.4, -0.2) is 17.1 Å². The predicted molar refractivity (Wildman–Crippen MR) is 76.8 cm³/mol. The summed E-state index contributed by atoms with van der Waals surface area (Å²) in [6.45, 7) is 3.88. The van der Waals surface area contributed by atoms with Crippen LogP contribution in [0.15, 0.2) is 36.5 Å². The van der Waals surface area contributed by atoms with Crippen LogP contribution in [-0.2, 0) is 11.3 Å². The minimum Gasteiger partial charge on any atom is -0.491 e. The molecule has 108 valence electrons. The molecule has 5 heteroatoms. The third-order valence-electron chi connectivity index (χ3n) is 2.74. The van der Waals surface area contributed by atoms with Crippen LogP contribution >= 0.6 is 0 Å². The van der Waals surface area contributed by atoms with E-state index in [-0.39, 0.29) is 12.7 Å². The number of hydrogen-bond donors (Lipinski definition) is 1. The van der Waals surface area contributed by atoms with E-state index in [4.69, 9.17) is 14.7 Å². The lowest BCUT2D eigenvalue weighted by Gasteiger charge is -2.14. The van der Waals surface area contributed by atoms with Gasteiger partial charge in [0.05, 0.1) is 17.7 Å². The zero-order chi connectivity index (χ0) is 15.2. The van der Waals surface area contributed by atoms with E-state index in [0.29, 0.717) is 17.0 Å². The molecule has 1 N–H and O–H groups in total. The predicted octanol–water partition coefficient (Wildman–Crippen LogP) is 3.03. The molecular weight excluding hydrogens is 268 g/mol. The molecule has 0 fully saturated rings. The summed E-state index contributed by atoms with van der Waals surface area (Å²) in [5.74, 6) is 0.128. The first-order valence-corrected chi connectivity index (χ1v) is 6.60. The lowest BCUT2D eigenvalue weighted by molar-refractivity contribution is 0.0462. The number of nitrogens with one attached hydrogen (secondary N) is 1. The van der Waals surface area contributed by atoms with Crippen molar-refractivity contribution >= 4 is 5.97 Å². The summed E-state index contributed by atoms with van der Waals surface area (Å²) >= 11 is 0. The molecule has 21 heavy (non-hydrogen) atoms. The summed E-state index contributed by atoms with van der Waals surface area (Å²) in [6.07, 6.45) is 1.63. The van der Waals surface area contributed by atoms with Gasteiger partial charge in [0.2, 0.25) is 0 Å². The van der Waals surface area contributed by atoms with E-state index < -0.39 is 5.97 Å². The average Bonchev–Trinajstić information content (AvgIpc) is 2.99. The van der Waals surface area contributed by atoms with Gasteiger partial charge in [-0.3, -0.25) is 0 Å². The largest absolute Gasteiger partial charge is 0.491 e. The zero-order valence-electron chi connectivity index (χ0n) is 11.9. The van der Waals surface area contributed by atoms with Crippen molar-refractivity contribution in [1.29, 1.82) is 5.26 Å². The molecule has 0 amide bonds. The molecular formula is C16H16N2O3. The van der Waals surface area contributed by atoms with Crippen molar-refractivity contribution in [1.82, 2.24) is 4.98 Å². The highest BCUT2D eigenvalue weighted by Gasteiger charge is 2.12. The summed E-state index contributed by atoms with van der Waals surface area (Å²) in [5.41, 5.74) is 1.63. The molecule has 0 unspecified atom stereocenters. The maximum Gasteiger partial charge on any atom is 0.355 e. The molecule has 0 bridgehead atoms. The lowest BCUT2D eigenvalue weighted by atomic mass is 10.1. The average molecular weight is 284 g/mol. The van der Waals surface area contributed by atoms with Gasteiger partial charge in [0.15, 0.2) is 0 Å². The Bertz CT molecular complexity index is 655. The Morgan fingerprint density at radius 3 is 2.81 bits per heavy atom. The topological polar surface area (TPSA) is 75.1 Å². The van der Waals surface area contributed by atoms with Crippen LogP contribution in [0.2, 0.25) is 0 Å². The van der Waals surface area contributed by atoms with E-state index in [9.17, 15) is 4.79 Å². The number of ether oxygens (including phenoxy) is 2. The SMILES string of the molecule is CC(C)Oc1cc(C#N)ccc1COC(=O)c1ccc[nH]1. The van der Waals surface area contributed by atoms with Crippen LogP contribution in [0.25, 0.3) is 0 Å². The number of aromatic nitrogens is 1. The van der Waals surface area contributed by atoms with Crippen LogP contribution in [0, 0.1) is 11.3 Å². The Labute approximate surface area is 123 Å². The van der Waals surface area contributed by atoms with Crippen LogP contribution < -0.4 is 4.74 Å². The van der Waals surface area contributed by atoms with Crippen molar-refractivity contribution in [2.45, 2.75) is 26.6 Å². The minimum absolute atomic E-state index is 0.0307. The van der Waals surface area contributed by atoms with Gasteiger partial charge in [-0.1, -0.05) is 6.07 Å². The fourth-order valence-electron chi connectivity index (χ4n) is 1.79. The zero-order valence-corrected chi connectivity index (χ0v) is 11.9. The Morgan fingerprint density at radius 1 is 1.38 bits per heavy atom. The second-order valence-corrected chi connectivity index (χ2v) is 4.76. The molecule has 1 aromatic carbocycles. The standard InChI is InChI=1S/C16H16N2O3/c1-11(2)21-15-8-12(9-17)5-6-13(15)10-20-16(19)14-4-3-7-18-14/h3-8,11,18H,10H2,1-2H3. The Morgan fingerprint density at radius 2 is 2.19 bits per heavy atom. The number of nitriles is 1. The number of esters is 1. The van der Waals surface area contributed by atoms with E-state index >= 15 is 0 Å². The quantitative estimate of drug-likeness (QED) is 0.856. The smallest absolute Gasteiger partial charge is 0.355 e. The van der Waals surface area contributed by atoms with Gasteiger partial charge in [-0.05, 0) is 38.1 Å². The number of H-pyrrole nitrogens is 1. The summed E-state index contributed by atoms with van der Waals surface area (Å²) in [5, 5.41) is 8.94. The third-order valence-corrected chi connectivity index (χ3v) is 2.74. The summed E-state index contributed by atoms with van der Waals surface area (Å²) in [4.78, 5) is 14.6. The monoisotopic (exact) mass is 284 g/mol. The number of aromatic amines is 1. The molecule has 0 radical (unpaired) electrons. The molecule has 0 aliphatic carbocycles. The molecule has 1 heterocycles. The van der Waals surface area contributed by atoms with Crippen molar-refractivity contribution in [2.24, 2.45) is 0 Å². The van der Waals surface area contributed by atoms with E-state index in [0.717, 1.165) is 5.56 Å². The van der Waals surface area contributed by atoms with Crippen molar-refractivity contribution in [3.05, 3.63) is 53.3 Å². The number of benzene rings is 1. The maximum atomic E-state index is 11.8. The molecule has 1 aromatic heterocycles. The molecule has 0 aliphatic rings. The Hall–Kier alpha value is -2.74. The van der Waals surface area contributed by atoms with Gasteiger partial charge < -0.3 is 14.5 Å². The Balaban J connectivity index is 2.12. The Kier molecular flexibility index (Phi) is 4.62. The third kappa shape index (κ3) is 3.86. The highest BCUT2D eigenvalue weighted by Crippen LogP contribution is 2.23. The van der Waals surface area contributed by atoms with Crippen molar-refractivity contribution in [2.75, 3.05) is 0 Å².